The minimum Gasteiger partial charge on any atom is -0.503 e. The maximum Gasteiger partial charge on any atom is 0.290 e. The zero-order chi connectivity index (χ0) is 20.4. The van der Waals surface area contributed by atoms with Crippen LogP contribution in [0.3, 0.4) is 0 Å². The Morgan fingerprint density at radius 3 is 2.38 bits per heavy atom. The van der Waals surface area contributed by atoms with Crippen molar-refractivity contribution in [2.75, 3.05) is 6.26 Å². The molecule has 1 N–H and O–H groups in total. The van der Waals surface area contributed by atoms with E-state index in [0.717, 1.165) is 16.7 Å². The Bertz CT molecular complexity index is 1060. The highest BCUT2D eigenvalue weighted by atomic mass is 35.5. The van der Waals surface area contributed by atoms with E-state index in [1.807, 2.05) is 79.1 Å². The third-order valence-corrected chi connectivity index (χ3v) is 6.04. The molecule has 29 heavy (non-hydrogen) atoms. The van der Waals surface area contributed by atoms with Crippen LogP contribution in [0.4, 0.5) is 0 Å². The van der Waals surface area contributed by atoms with Gasteiger partial charge in [-0.3, -0.25) is 4.79 Å². The van der Waals surface area contributed by atoms with E-state index >= 15 is 0 Å². The van der Waals surface area contributed by atoms with E-state index in [1.54, 1.807) is 22.7 Å². The maximum absolute atomic E-state index is 13.1. The van der Waals surface area contributed by atoms with Crippen LogP contribution in [0.15, 0.2) is 89.5 Å². The van der Waals surface area contributed by atoms with Gasteiger partial charge in [0.05, 0.1) is 6.04 Å². The van der Waals surface area contributed by atoms with Crippen LogP contribution in [0.1, 0.15) is 22.7 Å². The summed E-state index contributed by atoms with van der Waals surface area (Å²) in [5.41, 5.74) is 3.31. The molecule has 1 aliphatic heterocycles. The standard InChI is InChI=1S/C24H20ClNO2S/c1-29-20-12-10-16(11-13-20)15-26-22(18-8-5-9-19(25)14-18)21(23(27)24(26)28)17-6-3-2-4-7-17/h2-14,22,27H,15H2,1H3/t22-/m0/s1. The van der Waals surface area contributed by atoms with Gasteiger partial charge in [0.1, 0.15) is 0 Å². The molecule has 3 aromatic rings. The van der Waals surface area contributed by atoms with E-state index in [0.29, 0.717) is 17.1 Å². The number of carbonyl (C=O) groups is 1. The van der Waals surface area contributed by atoms with E-state index in [-0.39, 0.29) is 11.7 Å². The molecule has 0 radical (unpaired) electrons. The summed E-state index contributed by atoms with van der Waals surface area (Å²) in [7, 11) is 0. The molecule has 146 valence electrons. The molecule has 0 spiro atoms. The fourth-order valence-electron chi connectivity index (χ4n) is 3.68. The molecule has 0 saturated heterocycles. The Labute approximate surface area is 179 Å². The molecule has 1 amide bonds. The highest BCUT2D eigenvalue weighted by molar-refractivity contribution is 7.98. The molecule has 0 saturated carbocycles. The molecule has 1 atom stereocenters. The second kappa shape index (κ2) is 8.36. The fraction of sp³-hybridized carbons (Fsp3) is 0.125. The van der Waals surface area contributed by atoms with Crippen LogP contribution in [0.25, 0.3) is 5.57 Å². The molecule has 0 fully saturated rings. The third kappa shape index (κ3) is 3.91. The summed E-state index contributed by atoms with van der Waals surface area (Å²) in [5, 5.41) is 11.4. The molecular formula is C24H20ClNO2S. The second-order valence-corrected chi connectivity index (χ2v) is 8.18. The van der Waals surface area contributed by atoms with Crippen molar-refractivity contribution >= 4 is 34.8 Å². The lowest BCUT2D eigenvalue weighted by atomic mass is 9.93. The van der Waals surface area contributed by atoms with Crippen LogP contribution in [0.2, 0.25) is 5.02 Å². The lowest BCUT2D eigenvalue weighted by molar-refractivity contribution is -0.130. The zero-order valence-electron chi connectivity index (χ0n) is 15.9. The Morgan fingerprint density at radius 1 is 1.00 bits per heavy atom. The molecular weight excluding hydrogens is 402 g/mol. The fourth-order valence-corrected chi connectivity index (χ4v) is 4.29. The average molecular weight is 422 g/mol. The van der Waals surface area contributed by atoms with E-state index in [2.05, 4.69) is 0 Å². The van der Waals surface area contributed by atoms with Gasteiger partial charge in [0.15, 0.2) is 5.76 Å². The van der Waals surface area contributed by atoms with E-state index in [1.165, 1.54) is 4.90 Å². The van der Waals surface area contributed by atoms with Gasteiger partial charge in [0.25, 0.3) is 5.91 Å². The van der Waals surface area contributed by atoms with Crippen LogP contribution >= 0.6 is 23.4 Å². The van der Waals surface area contributed by atoms with Crippen molar-refractivity contribution in [3.05, 3.63) is 106 Å². The molecule has 1 heterocycles. The number of aliphatic hydroxyl groups is 1. The molecule has 4 rings (SSSR count). The first-order valence-corrected chi connectivity index (χ1v) is 10.9. The lowest BCUT2D eigenvalue weighted by Gasteiger charge is -2.27. The topological polar surface area (TPSA) is 40.5 Å². The molecule has 1 aliphatic rings. The SMILES string of the molecule is CSc1ccc(CN2C(=O)C(O)=C(c3ccccc3)[C@@H]2c2cccc(Cl)c2)cc1. The predicted octanol–water partition coefficient (Wildman–Crippen LogP) is 6.11. The predicted molar refractivity (Wildman–Crippen MR) is 119 cm³/mol. The summed E-state index contributed by atoms with van der Waals surface area (Å²) in [4.78, 5) is 15.9. The third-order valence-electron chi connectivity index (χ3n) is 5.06. The Hall–Kier alpha value is -2.69. The van der Waals surface area contributed by atoms with Gasteiger partial charge in [-0.05, 0) is 47.2 Å². The van der Waals surface area contributed by atoms with E-state index in [9.17, 15) is 9.90 Å². The monoisotopic (exact) mass is 421 g/mol. The first-order valence-electron chi connectivity index (χ1n) is 9.26. The second-order valence-electron chi connectivity index (χ2n) is 6.87. The number of nitrogens with zero attached hydrogens (tertiary/aromatic N) is 1. The molecule has 3 aromatic carbocycles. The number of hydrogen-bond donors (Lipinski definition) is 1. The zero-order valence-corrected chi connectivity index (χ0v) is 17.5. The number of halogens is 1. The first-order chi connectivity index (χ1) is 14.1. The molecule has 5 heteroatoms. The van der Waals surface area contributed by atoms with E-state index < -0.39 is 6.04 Å². The number of amides is 1. The van der Waals surface area contributed by atoms with Gasteiger partial charge >= 0.3 is 0 Å². The van der Waals surface area contributed by atoms with Crippen molar-refractivity contribution in [1.82, 2.24) is 4.90 Å². The van der Waals surface area contributed by atoms with Crippen molar-refractivity contribution in [2.24, 2.45) is 0 Å². The first kappa shape index (κ1) is 19.6. The van der Waals surface area contributed by atoms with Gasteiger partial charge < -0.3 is 10.0 Å². The van der Waals surface area contributed by atoms with Crippen LogP contribution < -0.4 is 0 Å². The van der Waals surface area contributed by atoms with Crippen molar-refractivity contribution < 1.29 is 9.90 Å². The Morgan fingerprint density at radius 2 is 1.72 bits per heavy atom. The number of thioether (sulfide) groups is 1. The Balaban J connectivity index is 1.78. The number of carbonyl (C=O) groups excluding carboxylic acids is 1. The number of benzene rings is 3. The van der Waals surface area contributed by atoms with Gasteiger partial charge in [-0.15, -0.1) is 11.8 Å². The quantitative estimate of drug-likeness (QED) is 0.505. The minimum atomic E-state index is -0.413. The summed E-state index contributed by atoms with van der Waals surface area (Å²) in [6.45, 7) is 0.394. The van der Waals surface area contributed by atoms with Gasteiger partial charge in [-0.1, -0.05) is 66.2 Å². The summed E-state index contributed by atoms with van der Waals surface area (Å²) in [6, 6.07) is 24.7. The van der Waals surface area contributed by atoms with Crippen molar-refractivity contribution in [3.8, 4) is 0 Å². The molecule has 0 bridgehead atoms. The smallest absolute Gasteiger partial charge is 0.290 e. The molecule has 3 nitrogen and oxygen atoms in total. The molecule has 0 aliphatic carbocycles. The number of hydrogen-bond acceptors (Lipinski definition) is 3. The number of aliphatic hydroxyl groups excluding tert-OH is 1. The average Bonchev–Trinajstić information content (AvgIpc) is 3.00. The number of rotatable bonds is 5. The Kier molecular flexibility index (Phi) is 5.65. The normalized spacial score (nSPS) is 16.6. The lowest BCUT2D eigenvalue weighted by Crippen LogP contribution is -2.29. The van der Waals surface area contributed by atoms with Crippen LogP contribution in [0.5, 0.6) is 0 Å². The highest BCUT2D eigenvalue weighted by Gasteiger charge is 2.41. The van der Waals surface area contributed by atoms with Crippen LogP contribution in [-0.2, 0) is 11.3 Å². The van der Waals surface area contributed by atoms with Gasteiger partial charge in [0.2, 0.25) is 0 Å². The van der Waals surface area contributed by atoms with Gasteiger partial charge in [0, 0.05) is 22.0 Å². The minimum absolute atomic E-state index is 0.207. The highest BCUT2D eigenvalue weighted by Crippen LogP contribution is 2.44. The van der Waals surface area contributed by atoms with Gasteiger partial charge in [-0.25, -0.2) is 0 Å². The maximum atomic E-state index is 13.1. The van der Waals surface area contributed by atoms with Gasteiger partial charge in [-0.2, -0.15) is 0 Å². The van der Waals surface area contributed by atoms with Crippen molar-refractivity contribution in [1.29, 1.82) is 0 Å². The van der Waals surface area contributed by atoms with Crippen LogP contribution in [0, 0.1) is 0 Å². The summed E-state index contributed by atoms with van der Waals surface area (Å²) in [6.07, 6.45) is 2.03. The summed E-state index contributed by atoms with van der Waals surface area (Å²) >= 11 is 7.92. The summed E-state index contributed by atoms with van der Waals surface area (Å²) < 4.78 is 0. The molecule has 0 aromatic heterocycles. The van der Waals surface area contributed by atoms with Crippen molar-refractivity contribution in [3.63, 3.8) is 0 Å². The molecule has 0 unspecified atom stereocenters. The van der Waals surface area contributed by atoms with Crippen molar-refractivity contribution in [2.45, 2.75) is 17.5 Å². The van der Waals surface area contributed by atoms with E-state index in [4.69, 9.17) is 11.6 Å². The van der Waals surface area contributed by atoms with Crippen LogP contribution in [-0.4, -0.2) is 22.2 Å². The largest absolute Gasteiger partial charge is 0.503 e. The summed E-state index contributed by atoms with van der Waals surface area (Å²) in [5.74, 6) is -0.579.